The number of pyridine rings is 1. The van der Waals surface area contributed by atoms with Crippen LogP contribution < -0.4 is 0 Å². The van der Waals surface area contributed by atoms with Crippen LogP contribution in [-0.4, -0.2) is 30.5 Å². The largest absolute Gasteiger partial charge is 0.309 e. The van der Waals surface area contributed by atoms with Gasteiger partial charge >= 0.3 is 0 Å². The molecule has 3 rings (SSSR count). The minimum absolute atomic E-state index is 0.240. The van der Waals surface area contributed by atoms with Crippen molar-refractivity contribution in [2.24, 2.45) is 0 Å². The first-order valence-corrected chi connectivity index (χ1v) is 9.03. The minimum atomic E-state index is 0.240. The molecule has 2 heterocycles. The van der Waals surface area contributed by atoms with Crippen LogP contribution in [-0.2, 0) is 6.42 Å². The highest BCUT2D eigenvalue weighted by Gasteiger charge is 2.21. The molecule has 1 unspecified atom stereocenters. The van der Waals surface area contributed by atoms with E-state index in [-0.39, 0.29) is 5.92 Å². The number of hydrogen-bond acceptors (Lipinski definition) is 3. The van der Waals surface area contributed by atoms with E-state index < -0.39 is 0 Å². The molecule has 0 radical (unpaired) electrons. The standard InChI is InChI=1S/C19H21ClN2S/c1-13(14-8-6-11-21-19(14)20)18-15-7-4-5-9-16(15)23-17(18)10-12-22(2)3/h4-9,11,13H,10,12H2,1-3H3. The second-order valence-corrected chi connectivity index (χ2v) is 7.59. The van der Waals surface area contributed by atoms with E-state index in [1.165, 1.54) is 20.5 Å². The molecular weight excluding hydrogens is 324 g/mol. The summed E-state index contributed by atoms with van der Waals surface area (Å²) in [5.41, 5.74) is 2.51. The van der Waals surface area contributed by atoms with Gasteiger partial charge in [-0.15, -0.1) is 11.3 Å². The van der Waals surface area contributed by atoms with E-state index in [2.05, 4.69) is 61.2 Å². The van der Waals surface area contributed by atoms with Crippen molar-refractivity contribution < 1.29 is 0 Å². The fourth-order valence-corrected chi connectivity index (χ4v) is 4.55. The molecule has 2 aromatic heterocycles. The van der Waals surface area contributed by atoms with Gasteiger partial charge in [-0.2, -0.15) is 0 Å². The van der Waals surface area contributed by atoms with Gasteiger partial charge in [-0.3, -0.25) is 0 Å². The van der Waals surface area contributed by atoms with Crippen molar-refractivity contribution in [2.75, 3.05) is 20.6 Å². The second-order valence-electron chi connectivity index (χ2n) is 6.09. The molecule has 0 aliphatic heterocycles. The number of nitrogens with zero attached hydrogens (tertiary/aromatic N) is 2. The van der Waals surface area contributed by atoms with Gasteiger partial charge in [-0.05, 0) is 49.2 Å². The lowest BCUT2D eigenvalue weighted by molar-refractivity contribution is 0.414. The molecule has 0 aliphatic rings. The third-order valence-corrected chi connectivity index (χ3v) is 5.75. The molecule has 0 saturated heterocycles. The summed E-state index contributed by atoms with van der Waals surface area (Å²) in [6, 6.07) is 12.7. The van der Waals surface area contributed by atoms with Crippen LogP contribution in [0.2, 0.25) is 5.15 Å². The highest BCUT2D eigenvalue weighted by molar-refractivity contribution is 7.19. The van der Waals surface area contributed by atoms with E-state index in [0.717, 1.165) is 18.5 Å². The van der Waals surface area contributed by atoms with Gasteiger partial charge in [-0.1, -0.05) is 42.8 Å². The van der Waals surface area contributed by atoms with E-state index in [1.54, 1.807) is 6.20 Å². The number of hydrogen-bond donors (Lipinski definition) is 0. The van der Waals surface area contributed by atoms with E-state index in [1.807, 2.05) is 17.4 Å². The van der Waals surface area contributed by atoms with Crippen molar-refractivity contribution in [3.63, 3.8) is 0 Å². The molecule has 2 nitrogen and oxygen atoms in total. The van der Waals surface area contributed by atoms with Crippen molar-refractivity contribution in [2.45, 2.75) is 19.3 Å². The Morgan fingerprint density at radius 1 is 1.17 bits per heavy atom. The van der Waals surface area contributed by atoms with Gasteiger partial charge < -0.3 is 4.90 Å². The van der Waals surface area contributed by atoms with E-state index >= 15 is 0 Å². The average molecular weight is 345 g/mol. The molecule has 0 aliphatic carbocycles. The third-order valence-electron chi connectivity index (χ3n) is 4.18. The summed E-state index contributed by atoms with van der Waals surface area (Å²) in [6.45, 7) is 3.28. The molecule has 0 bridgehead atoms. The number of likely N-dealkylation sites (N-methyl/N-ethyl adjacent to an activating group) is 1. The Morgan fingerprint density at radius 2 is 1.96 bits per heavy atom. The number of benzene rings is 1. The predicted molar refractivity (Wildman–Crippen MR) is 101 cm³/mol. The van der Waals surface area contributed by atoms with Crippen LogP contribution in [0.15, 0.2) is 42.6 Å². The van der Waals surface area contributed by atoms with E-state index in [4.69, 9.17) is 11.6 Å². The van der Waals surface area contributed by atoms with E-state index in [9.17, 15) is 0 Å². The topological polar surface area (TPSA) is 16.1 Å². The minimum Gasteiger partial charge on any atom is -0.309 e. The fourth-order valence-electron chi connectivity index (χ4n) is 2.98. The third kappa shape index (κ3) is 3.42. The van der Waals surface area contributed by atoms with E-state index in [0.29, 0.717) is 5.15 Å². The maximum atomic E-state index is 6.35. The van der Waals surface area contributed by atoms with Gasteiger partial charge in [0.1, 0.15) is 5.15 Å². The van der Waals surface area contributed by atoms with Crippen molar-refractivity contribution in [1.29, 1.82) is 0 Å². The quantitative estimate of drug-likeness (QED) is 0.591. The highest BCUT2D eigenvalue weighted by Crippen LogP contribution is 2.40. The normalized spacial score (nSPS) is 12.9. The highest BCUT2D eigenvalue weighted by atomic mass is 35.5. The zero-order chi connectivity index (χ0) is 16.4. The predicted octanol–water partition coefficient (Wildman–Crippen LogP) is 5.21. The zero-order valence-electron chi connectivity index (χ0n) is 13.7. The number of aromatic nitrogens is 1. The number of rotatable bonds is 5. The van der Waals surface area contributed by atoms with Crippen LogP contribution in [0.1, 0.15) is 28.8 Å². The molecule has 0 N–H and O–H groups in total. The Bertz CT molecular complexity index is 810. The van der Waals surface area contributed by atoms with Crippen LogP contribution in [0.4, 0.5) is 0 Å². The van der Waals surface area contributed by atoms with Crippen LogP contribution >= 0.6 is 22.9 Å². The Kier molecular flexibility index (Phi) is 5.00. The SMILES string of the molecule is CC(c1cccnc1Cl)c1c(CCN(C)C)sc2ccccc12. The van der Waals surface area contributed by atoms with Gasteiger partial charge in [0.25, 0.3) is 0 Å². The first-order valence-electron chi connectivity index (χ1n) is 7.83. The van der Waals surface area contributed by atoms with Crippen molar-refractivity contribution in [3.05, 3.63) is 63.8 Å². The van der Waals surface area contributed by atoms with Gasteiger partial charge in [0.15, 0.2) is 0 Å². The van der Waals surface area contributed by atoms with Crippen LogP contribution in [0.3, 0.4) is 0 Å². The molecule has 3 aromatic rings. The van der Waals surface area contributed by atoms with Crippen molar-refractivity contribution in [3.8, 4) is 0 Å². The molecule has 4 heteroatoms. The summed E-state index contributed by atoms with van der Waals surface area (Å²) < 4.78 is 1.35. The van der Waals surface area contributed by atoms with Gasteiger partial charge in [0, 0.05) is 28.2 Å². The van der Waals surface area contributed by atoms with Gasteiger partial charge in [0.05, 0.1) is 0 Å². The summed E-state index contributed by atoms with van der Waals surface area (Å²) in [4.78, 5) is 7.94. The smallest absolute Gasteiger partial charge is 0.132 e. The second kappa shape index (κ2) is 7.00. The average Bonchev–Trinajstić information content (AvgIpc) is 2.91. The zero-order valence-corrected chi connectivity index (χ0v) is 15.3. The summed E-state index contributed by atoms with van der Waals surface area (Å²) in [5, 5.41) is 1.95. The molecule has 23 heavy (non-hydrogen) atoms. The molecule has 0 spiro atoms. The first-order chi connectivity index (χ1) is 11.1. The molecule has 1 atom stereocenters. The van der Waals surface area contributed by atoms with Crippen molar-refractivity contribution in [1.82, 2.24) is 9.88 Å². The lowest BCUT2D eigenvalue weighted by atomic mass is 9.91. The first kappa shape index (κ1) is 16.4. The molecular formula is C19H21ClN2S. The Balaban J connectivity index is 2.10. The summed E-state index contributed by atoms with van der Waals surface area (Å²) >= 11 is 8.26. The number of fused-ring (bicyclic) bond motifs is 1. The maximum Gasteiger partial charge on any atom is 0.132 e. The summed E-state index contributed by atoms with van der Waals surface area (Å²) in [5.74, 6) is 0.240. The van der Waals surface area contributed by atoms with Crippen molar-refractivity contribution >= 4 is 33.0 Å². The molecule has 1 aromatic carbocycles. The van der Waals surface area contributed by atoms with Crippen LogP contribution in [0, 0.1) is 0 Å². The molecule has 0 fully saturated rings. The lowest BCUT2D eigenvalue weighted by Gasteiger charge is -2.16. The van der Waals surface area contributed by atoms with Gasteiger partial charge in [0.2, 0.25) is 0 Å². The van der Waals surface area contributed by atoms with Gasteiger partial charge in [-0.25, -0.2) is 4.98 Å². The van der Waals surface area contributed by atoms with Crippen LogP contribution in [0.25, 0.3) is 10.1 Å². The Morgan fingerprint density at radius 3 is 2.70 bits per heavy atom. The molecule has 120 valence electrons. The monoisotopic (exact) mass is 344 g/mol. The number of thiophene rings is 1. The Labute approximate surface area is 146 Å². The fraction of sp³-hybridized carbons (Fsp3) is 0.316. The summed E-state index contributed by atoms with van der Waals surface area (Å²) in [7, 11) is 4.24. The molecule has 0 amide bonds. The number of halogens is 1. The lowest BCUT2D eigenvalue weighted by Crippen LogP contribution is -2.15. The van der Waals surface area contributed by atoms with Crippen LogP contribution in [0.5, 0.6) is 0 Å². The Hall–Kier alpha value is -1.42. The maximum absolute atomic E-state index is 6.35. The summed E-state index contributed by atoms with van der Waals surface area (Å²) in [6.07, 6.45) is 2.81. The molecule has 0 saturated carbocycles.